The van der Waals surface area contributed by atoms with Crippen molar-refractivity contribution in [2.75, 3.05) is 26.4 Å². The van der Waals surface area contributed by atoms with Gasteiger partial charge in [0.15, 0.2) is 6.10 Å². The van der Waals surface area contributed by atoms with Gasteiger partial charge >= 0.3 is 19.8 Å². The number of hydrogen-bond donors (Lipinski definition) is 2. The smallest absolute Gasteiger partial charge is 0.462 e. The van der Waals surface area contributed by atoms with Crippen LogP contribution in [0.1, 0.15) is 399 Å². The first-order chi connectivity index (χ1) is 49.8. The molecule has 3 N–H and O–H groups in total. The predicted molar refractivity (Wildman–Crippen MR) is 441 cm³/mol. The van der Waals surface area contributed by atoms with Crippen LogP contribution >= 0.6 is 7.82 Å². The van der Waals surface area contributed by atoms with Gasteiger partial charge in [0.05, 0.1) is 13.2 Å². The molecule has 0 aromatic rings. The van der Waals surface area contributed by atoms with Crippen molar-refractivity contribution in [3.8, 4) is 0 Å². The Hall–Kier alpha value is -3.85. The van der Waals surface area contributed by atoms with E-state index in [4.69, 9.17) is 24.3 Å². The molecular weight excluding hydrogens is 1270 g/mol. The Balaban J connectivity index is 3.76. The van der Waals surface area contributed by atoms with Crippen molar-refractivity contribution in [1.82, 2.24) is 0 Å². The first-order valence-corrected chi connectivity index (χ1v) is 44.2. The number of carbonyl (C=O) groups excluding carboxylic acids is 2. The number of allylic oxidation sites excluding steroid dienone is 22. The quantitative estimate of drug-likeness (QED) is 0.0264. The van der Waals surface area contributed by atoms with E-state index < -0.39 is 26.5 Å². The highest BCUT2D eigenvalue weighted by atomic mass is 31.2. The van der Waals surface area contributed by atoms with Gasteiger partial charge in [0, 0.05) is 19.4 Å². The van der Waals surface area contributed by atoms with Gasteiger partial charge in [-0.3, -0.25) is 18.6 Å². The fourth-order valence-corrected chi connectivity index (χ4v) is 13.1. The Bertz CT molecular complexity index is 2130. The molecule has 0 aromatic heterocycles. The van der Waals surface area contributed by atoms with Crippen LogP contribution in [0, 0.1) is 0 Å². The average molecular weight is 1430 g/mol. The maximum Gasteiger partial charge on any atom is 0.472 e. The van der Waals surface area contributed by atoms with Gasteiger partial charge in [-0.2, -0.15) is 0 Å². The lowest BCUT2D eigenvalue weighted by Crippen LogP contribution is -2.29. The third kappa shape index (κ3) is 85.0. The van der Waals surface area contributed by atoms with Crippen molar-refractivity contribution in [1.29, 1.82) is 0 Å². The summed E-state index contributed by atoms with van der Waals surface area (Å²) in [6, 6.07) is 0. The van der Waals surface area contributed by atoms with Crippen LogP contribution in [0.15, 0.2) is 134 Å². The lowest BCUT2D eigenvalue weighted by atomic mass is 10.0. The molecule has 0 radical (unpaired) electrons. The molecule has 101 heavy (non-hydrogen) atoms. The van der Waals surface area contributed by atoms with Crippen LogP contribution in [-0.4, -0.2) is 49.3 Å². The lowest BCUT2D eigenvalue weighted by Gasteiger charge is -2.19. The number of hydrogen-bond acceptors (Lipinski definition) is 8. The molecule has 0 heterocycles. The van der Waals surface area contributed by atoms with Crippen LogP contribution in [0.5, 0.6) is 0 Å². The van der Waals surface area contributed by atoms with Crippen LogP contribution in [0.3, 0.4) is 0 Å². The third-order valence-electron chi connectivity index (χ3n) is 18.5. The van der Waals surface area contributed by atoms with E-state index in [2.05, 4.69) is 148 Å². The standard InChI is InChI=1S/C91H160NO8P/c1-3-5-7-9-11-13-15-17-19-21-23-25-27-29-31-33-35-37-39-41-43-44-46-47-49-51-53-55-57-59-61-63-65-67-69-71-73-75-77-79-81-83-90(93)97-87-89(88-99-101(95,96)98-86-85-92)100-91(94)84-82-80-78-76-74-72-70-68-66-64-62-60-58-56-54-52-50-48-45-42-40-38-36-34-32-30-28-26-24-22-20-18-16-14-12-10-8-6-4-2/h5-8,11-14,17-20,23-26,30,32,36,38,42,45,89H,3-4,9-10,15-16,21-22,27-29,31,33-35,37,39-41,43-44,46-88,92H2,1-2H3,(H,95,96)/b7-5-,8-6-,13-11-,14-12-,19-17-,20-18-,25-23-,26-24-,32-30-,38-36-,45-42-. The van der Waals surface area contributed by atoms with Gasteiger partial charge in [0.1, 0.15) is 6.61 Å². The summed E-state index contributed by atoms with van der Waals surface area (Å²) in [7, 11) is -4.40. The van der Waals surface area contributed by atoms with Gasteiger partial charge in [-0.25, -0.2) is 4.57 Å². The molecule has 582 valence electrons. The average Bonchev–Trinajstić information content (AvgIpc) is 1.01. The zero-order valence-electron chi connectivity index (χ0n) is 65.9. The summed E-state index contributed by atoms with van der Waals surface area (Å²) in [6.07, 6.45) is 122. The Labute approximate surface area is 624 Å². The summed E-state index contributed by atoms with van der Waals surface area (Å²) in [5.41, 5.74) is 5.42. The highest BCUT2D eigenvalue weighted by molar-refractivity contribution is 7.47. The molecule has 10 heteroatoms. The molecule has 0 saturated carbocycles. The highest BCUT2D eigenvalue weighted by Gasteiger charge is 2.26. The van der Waals surface area contributed by atoms with Crippen LogP contribution in [0.25, 0.3) is 0 Å². The van der Waals surface area contributed by atoms with E-state index in [0.29, 0.717) is 6.42 Å². The molecule has 0 rings (SSSR count). The minimum Gasteiger partial charge on any atom is -0.462 e. The van der Waals surface area contributed by atoms with E-state index in [0.717, 1.165) is 109 Å². The number of rotatable bonds is 80. The van der Waals surface area contributed by atoms with Gasteiger partial charge in [-0.15, -0.1) is 0 Å². The molecule has 2 atom stereocenters. The number of nitrogens with two attached hydrogens (primary N) is 1. The molecule has 0 amide bonds. The number of phosphoric acid groups is 1. The highest BCUT2D eigenvalue weighted by Crippen LogP contribution is 2.43. The third-order valence-corrected chi connectivity index (χ3v) is 19.5. The van der Waals surface area contributed by atoms with E-state index in [1.807, 2.05) is 0 Å². The zero-order valence-corrected chi connectivity index (χ0v) is 66.8. The van der Waals surface area contributed by atoms with Crippen molar-refractivity contribution >= 4 is 19.8 Å². The van der Waals surface area contributed by atoms with E-state index in [9.17, 15) is 19.0 Å². The largest absolute Gasteiger partial charge is 0.472 e. The summed E-state index contributed by atoms with van der Waals surface area (Å²) in [6.45, 7) is 3.57. The van der Waals surface area contributed by atoms with Crippen molar-refractivity contribution in [3.63, 3.8) is 0 Å². The fraction of sp³-hybridized carbons (Fsp3) is 0.736. The number of carbonyl (C=O) groups is 2. The second kappa shape index (κ2) is 85.1. The number of unbranched alkanes of at least 4 members (excludes halogenated alkanes) is 45. The molecule has 0 aromatic carbocycles. The van der Waals surface area contributed by atoms with Crippen LogP contribution < -0.4 is 5.73 Å². The van der Waals surface area contributed by atoms with E-state index in [1.165, 1.54) is 257 Å². The predicted octanol–water partition coefficient (Wildman–Crippen LogP) is 29.1. The Kier molecular flexibility index (Phi) is 81.8. The Morgan fingerprint density at radius 3 is 0.762 bits per heavy atom. The summed E-state index contributed by atoms with van der Waals surface area (Å²) >= 11 is 0. The fourth-order valence-electron chi connectivity index (χ4n) is 12.3. The van der Waals surface area contributed by atoms with Gasteiger partial charge < -0.3 is 20.1 Å². The lowest BCUT2D eigenvalue weighted by molar-refractivity contribution is -0.161. The SMILES string of the molecule is CC/C=C\C/C=C\C/C=C\C/C=C\C/C=C\C/C=C\C/C=C\CCCCCCCCCCCCCCCCCCCC(=O)OC(COC(=O)CCCCCCCCCCCCCCCCCCCCCCCCCCCCCC/C=C\C/C=C\C/C=C\C/C=C\CC)COP(=O)(O)OCCN. The molecule has 2 unspecified atom stereocenters. The van der Waals surface area contributed by atoms with Crippen LogP contribution in [0.2, 0.25) is 0 Å². The summed E-state index contributed by atoms with van der Waals surface area (Å²) in [4.78, 5) is 35.5. The number of ether oxygens (including phenoxy) is 2. The summed E-state index contributed by atoms with van der Waals surface area (Å²) < 4.78 is 33.3. The van der Waals surface area contributed by atoms with Crippen molar-refractivity contribution in [2.24, 2.45) is 5.73 Å². The molecule has 9 nitrogen and oxygen atoms in total. The second-order valence-corrected chi connectivity index (χ2v) is 29.7. The van der Waals surface area contributed by atoms with Crippen LogP contribution in [-0.2, 0) is 32.7 Å². The topological polar surface area (TPSA) is 134 Å². The molecular formula is C91H160NO8P. The maximum atomic E-state index is 12.8. The van der Waals surface area contributed by atoms with Gasteiger partial charge in [0.2, 0.25) is 0 Å². The summed E-state index contributed by atoms with van der Waals surface area (Å²) in [5.74, 6) is -0.811. The zero-order chi connectivity index (χ0) is 72.9. The maximum absolute atomic E-state index is 12.8. The molecule has 0 bridgehead atoms. The van der Waals surface area contributed by atoms with E-state index in [-0.39, 0.29) is 38.6 Å². The molecule has 0 fully saturated rings. The van der Waals surface area contributed by atoms with Gasteiger partial charge in [-0.1, -0.05) is 411 Å². The molecule has 0 spiro atoms. The van der Waals surface area contributed by atoms with Crippen molar-refractivity contribution in [3.05, 3.63) is 134 Å². The minimum absolute atomic E-state index is 0.0521. The number of esters is 2. The Morgan fingerprint density at radius 2 is 0.515 bits per heavy atom. The van der Waals surface area contributed by atoms with Gasteiger partial charge in [0.25, 0.3) is 0 Å². The van der Waals surface area contributed by atoms with E-state index in [1.54, 1.807) is 0 Å². The monoisotopic (exact) mass is 1430 g/mol. The second-order valence-electron chi connectivity index (χ2n) is 28.3. The summed E-state index contributed by atoms with van der Waals surface area (Å²) in [5, 5.41) is 0. The van der Waals surface area contributed by atoms with Crippen molar-refractivity contribution < 1.29 is 37.6 Å². The molecule has 0 aliphatic rings. The minimum atomic E-state index is -4.40. The molecule has 0 aliphatic carbocycles. The molecule has 0 aliphatic heterocycles. The first kappa shape index (κ1) is 97.2. The normalized spacial score (nSPS) is 13.5. The van der Waals surface area contributed by atoms with Crippen LogP contribution in [0.4, 0.5) is 0 Å². The van der Waals surface area contributed by atoms with E-state index >= 15 is 0 Å². The number of phosphoric ester groups is 1. The Morgan fingerprint density at radius 1 is 0.297 bits per heavy atom. The van der Waals surface area contributed by atoms with Gasteiger partial charge in [-0.05, 0) is 109 Å². The molecule has 0 saturated heterocycles. The van der Waals surface area contributed by atoms with Crippen molar-refractivity contribution in [2.45, 2.75) is 405 Å². The first-order valence-electron chi connectivity index (χ1n) is 42.7.